The summed E-state index contributed by atoms with van der Waals surface area (Å²) in [6.07, 6.45) is 4.45. The van der Waals surface area contributed by atoms with Gasteiger partial charge in [0.1, 0.15) is 0 Å². The summed E-state index contributed by atoms with van der Waals surface area (Å²) in [5.74, 6) is -0.0630. The Bertz CT molecular complexity index is 697. The molecule has 5 heteroatoms. The van der Waals surface area contributed by atoms with Gasteiger partial charge in [0.05, 0.1) is 7.11 Å². The van der Waals surface area contributed by atoms with Crippen molar-refractivity contribution in [2.45, 2.75) is 38.3 Å². The number of methoxy groups -OCH3 is 1. The topological polar surface area (TPSA) is 43.4 Å². The van der Waals surface area contributed by atoms with Crippen LogP contribution < -0.4 is 10.1 Å². The van der Waals surface area contributed by atoms with Crippen LogP contribution in [0.15, 0.2) is 36.5 Å². The number of aromatic nitrogens is 1. The number of halogens is 1. The zero-order chi connectivity index (χ0) is 17.7. The molecular weight excluding hydrogens is 319 g/mol. The van der Waals surface area contributed by atoms with E-state index >= 15 is 0 Å². The van der Waals surface area contributed by atoms with E-state index in [1.165, 1.54) is 7.11 Å². The SMILES string of the molecule is CCc1ccc(CNC2(c3ccc(OC)c(F)c3)CCOCC2)cn1. The molecule has 1 aliphatic heterocycles. The summed E-state index contributed by atoms with van der Waals surface area (Å²) >= 11 is 0. The Hall–Kier alpha value is -1.98. The molecule has 1 aromatic heterocycles. The van der Waals surface area contributed by atoms with Gasteiger partial charge in [-0.3, -0.25) is 4.98 Å². The highest BCUT2D eigenvalue weighted by atomic mass is 19.1. The first-order valence-electron chi connectivity index (χ1n) is 8.77. The molecule has 25 heavy (non-hydrogen) atoms. The average molecular weight is 344 g/mol. The lowest BCUT2D eigenvalue weighted by molar-refractivity contribution is 0.0356. The maximum Gasteiger partial charge on any atom is 0.165 e. The summed E-state index contributed by atoms with van der Waals surface area (Å²) in [6.45, 7) is 4.10. The standard InChI is InChI=1S/C20H25FN2O2/c1-3-17-6-4-15(13-22-17)14-23-20(8-10-25-11-9-20)16-5-7-19(24-2)18(21)12-16/h4-7,12-13,23H,3,8-11,14H2,1-2H3. The van der Waals surface area contributed by atoms with Gasteiger partial charge in [-0.1, -0.05) is 19.1 Å². The Morgan fingerprint density at radius 3 is 2.64 bits per heavy atom. The van der Waals surface area contributed by atoms with Crippen molar-refractivity contribution < 1.29 is 13.9 Å². The van der Waals surface area contributed by atoms with E-state index < -0.39 is 0 Å². The van der Waals surface area contributed by atoms with Crippen LogP contribution in [-0.4, -0.2) is 25.3 Å². The van der Waals surface area contributed by atoms with E-state index in [-0.39, 0.29) is 17.1 Å². The molecule has 2 aromatic rings. The fourth-order valence-corrected chi connectivity index (χ4v) is 3.29. The second-order valence-corrected chi connectivity index (χ2v) is 6.41. The van der Waals surface area contributed by atoms with Crippen molar-refractivity contribution in [2.75, 3.05) is 20.3 Å². The number of nitrogens with zero attached hydrogens (tertiary/aromatic N) is 1. The van der Waals surface area contributed by atoms with E-state index in [0.717, 1.165) is 36.1 Å². The molecule has 1 aliphatic rings. The number of pyridine rings is 1. The lowest BCUT2D eigenvalue weighted by atomic mass is 9.82. The average Bonchev–Trinajstić information content (AvgIpc) is 2.67. The zero-order valence-electron chi connectivity index (χ0n) is 14.8. The maximum atomic E-state index is 14.2. The van der Waals surface area contributed by atoms with Crippen LogP contribution in [0.2, 0.25) is 0 Å². The molecular formula is C20H25FN2O2. The lowest BCUT2D eigenvalue weighted by Crippen LogP contribution is -2.46. The van der Waals surface area contributed by atoms with Gasteiger partial charge >= 0.3 is 0 Å². The van der Waals surface area contributed by atoms with Crippen LogP contribution >= 0.6 is 0 Å². The van der Waals surface area contributed by atoms with Gasteiger partial charge in [-0.15, -0.1) is 0 Å². The molecule has 1 aromatic carbocycles. The summed E-state index contributed by atoms with van der Waals surface area (Å²) < 4.78 is 24.8. The molecule has 3 rings (SSSR count). The molecule has 0 saturated carbocycles. The molecule has 0 bridgehead atoms. The zero-order valence-corrected chi connectivity index (χ0v) is 14.8. The van der Waals surface area contributed by atoms with E-state index in [2.05, 4.69) is 29.4 Å². The summed E-state index contributed by atoms with van der Waals surface area (Å²) in [5.41, 5.74) is 2.85. The molecule has 0 unspecified atom stereocenters. The largest absolute Gasteiger partial charge is 0.494 e. The minimum absolute atomic E-state index is 0.269. The predicted octanol–water partition coefficient (Wildman–Crippen LogP) is 3.59. The molecule has 1 fully saturated rings. The third kappa shape index (κ3) is 3.99. The van der Waals surface area contributed by atoms with Crippen LogP contribution in [0, 0.1) is 5.82 Å². The second kappa shape index (κ2) is 7.93. The van der Waals surface area contributed by atoms with Gasteiger partial charge in [-0.2, -0.15) is 0 Å². The fourth-order valence-electron chi connectivity index (χ4n) is 3.29. The van der Waals surface area contributed by atoms with Crippen molar-refractivity contribution in [1.29, 1.82) is 0 Å². The van der Waals surface area contributed by atoms with Gasteiger partial charge in [0.15, 0.2) is 11.6 Å². The Morgan fingerprint density at radius 2 is 2.04 bits per heavy atom. The van der Waals surface area contributed by atoms with E-state index in [0.29, 0.717) is 19.8 Å². The van der Waals surface area contributed by atoms with Crippen LogP contribution in [0.5, 0.6) is 5.75 Å². The number of rotatable bonds is 6. The minimum atomic E-state index is -0.332. The second-order valence-electron chi connectivity index (χ2n) is 6.41. The first kappa shape index (κ1) is 17.8. The Balaban J connectivity index is 1.81. The van der Waals surface area contributed by atoms with E-state index in [1.54, 1.807) is 12.1 Å². The minimum Gasteiger partial charge on any atom is -0.494 e. The number of hydrogen-bond donors (Lipinski definition) is 1. The number of aryl methyl sites for hydroxylation is 1. The van der Waals surface area contributed by atoms with Gasteiger partial charge in [-0.05, 0) is 48.6 Å². The molecule has 2 heterocycles. The Kier molecular flexibility index (Phi) is 5.66. The van der Waals surface area contributed by atoms with Crippen molar-refractivity contribution in [1.82, 2.24) is 10.3 Å². The third-order valence-electron chi connectivity index (χ3n) is 4.93. The highest BCUT2D eigenvalue weighted by molar-refractivity contribution is 5.34. The quantitative estimate of drug-likeness (QED) is 0.870. The van der Waals surface area contributed by atoms with Gasteiger partial charge in [-0.25, -0.2) is 4.39 Å². The molecule has 1 N–H and O–H groups in total. The van der Waals surface area contributed by atoms with Crippen LogP contribution in [0.25, 0.3) is 0 Å². The highest BCUT2D eigenvalue weighted by Gasteiger charge is 2.34. The van der Waals surface area contributed by atoms with Crippen LogP contribution in [0.4, 0.5) is 4.39 Å². The van der Waals surface area contributed by atoms with E-state index in [1.807, 2.05) is 12.3 Å². The molecule has 134 valence electrons. The van der Waals surface area contributed by atoms with Crippen LogP contribution in [-0.2, 0) is 23.2 Å². The van der Waals surface area contributed by atoms with Crippen LogP contribution in [0.3, 0.4) is 0 Å². The molecule has 4 nitrogen and oxygen atoms in total. The first-order valence-corrected chi connectivity index (χ1v) is 8.77. The molecule has 0 aliphatic carbocycles. The van der Waals surface area contributed by atoms with Crippen molar-refractivity contribution in [3.8, 4) is 5.75 Å². The number of hydrogen-bond acceptors (Lipinski definition) is 4. The van der Waals surface area contributed by atoms with Crippen molar-refractivity contribution in [3.05, 3.63) is 59.2 Å². The van der Waals surface area contributed by atoms with Crippen molar-refractivity contribution >= 4 is 0 Å². The van der Waals surface area contributed by atoms with Gasteiger partial charge in [0.2, 0.25) is 0 Å². The Labute approximate surface area is 148 Å². The van der Waals surface area contributed by atoms with Gasteiger partial charge in [0, 0.05) is 37.2 Å². The fraction of sp³-hybridized carbons (Fsp3) is 0.450. The van der Waals surface area contributed by atoms with E-state index in [9.17, 15) is 4.39 Å². The molecule has 0 spiro atoms. The summed E-state index contributed by atoms with van der Waals surface area (Å²) in [7, 11) is 1.48. The summed E-state index contributed by atoms with van der Waals surface area (Å²) in [6, 6.07) is 9.37. The molecule has 1 saturated heterocycles. The maximum absolute atomic E-state index is 14.2. The highest BCUT2D eigenvalue weighted by Crippen LogP contribution is 2.34. The smallest absolute Gasteiger partial charge is 0.165 e. The molecule has 0 amide bonds. The van der Waals surface area contributed by atoms with Crippen molar-refractivity contribution in [2.24, 2.45) is 0 Å². The number of nitrogens with one attached hydrogen (secondary N) is 1. The number of benzene rings is 1. The van der Waals surface area contributed by atoms with Crippen LogP contribution in [0.1, 0.15) is 36.6 Å². The summed E-state index contributed by atoms with van der Waals surface area (Å²) in [5, 5.41) is 3.64. The predicted molar refractivity (Wildman–Crippen MR) is 95.1 cm³/mol. The van der Waals surface area contributed by atoms with E-state index in [4.69, 9.17) is 9.47 Å². The van der Waals surface area contributed by atoms with Gasteiger partial charge in [0.25, 0.3) is 0 Å². The third-order valence-corrected chi connectivity index (χ3v) is 4.93. The lowest BCUT2D eigenvalue weighted by Gasteiger charge is -2.39. The molecule has 0 atom stereocenters. The first-order chi connectivity index (χ1) is 12.2. The molecule has 0 radical (unpaired) electrons. The van der Waals surface area contributed by atoms with Gasteiger partial charge < -0.3 is 14.8 Å². The normalized spacial score (nSPS) is 16.6. The van der Waals surface area contributed by atoms with Crippen molar-refractivity contribution in [3.63, 3.8) is 0 Å². The summed E-state index contributed by atoms with van der Waals surface area (Å²) in [4.78, 5) is 4.45. The Morgan fingerprint density at radius 1 is 1.24 bits per heavy atom. The monoisotopic (exact) mass is 344 g/mol. The number of ether oxygens (including phenoxy) is 2.